The first-order valence-corrected chi connectivity index (χ1v) is 6.15. The van der Waals surface area contributed by atoms with Crippen molar-refractivity contribution in [2.24, 2.45) is 11.7 Å². The summed E-state index contributed by atoms with van der Waals surface area (Å²) in [5.41, 5.74) is 6.97. The van der Waals surface area contributed by atoms with Crippen molar-refractivity contribution in [3.63, 3.8) is 0 Å². The van der Waals surface area contributed by atoms with Gasteiger partial charge >= 0.3 is 0 Å². The molecular formula is C14H14N4O. The fourth-order valence-electron chi connectivity index (χ4n) is 2.45. The number of anilines is 1. The molecule has 5 heteroatoms. The Morgan fingerprint density at radius 2 is 1.74 bits per heavy atom. The summed E-state index contributed by atoms with van der Waals surface area (Å²) in [6.45, 7) is 1.28. The second kappa shape index (κ2) is 5.41. The molecule has 1 amide bonds. The maximum atomic E-state index is 11.1. The van der Waals surface area contributed by atoms with Crippen LogP contribution >= 0.6 is 0 Å². The van der Waals surface area contributed by atoms with E-state index in [9.17, 15) is 4.79 Å². The second-order valence-electron chi connectivity index (χ2n) is 4.59. The van der Waals surface area contributed by atoms with E-state index in [1.807, 2.05) is 4.90 Å². The molecule has 2 rings (SSSR count). The molecule has 0 aliphatic carbocycles. The molecule has 0 aromatic heterocycles. The molecule has 1 aromatic rings. The van der Waals surface area contributed by atoms with E-state index in [2.05, 4.69) is 12.1 Å². The van der Waals surface area contributed by atoms with Gasteiger partial charge in [-0.3, -0.25) is 4.79 Å². The predicted octanol–water partition coefficient (Wildman–Crippen LogP) is 1.13. The summed E-state index contributed by atoms with van der Waals surface area (Å²) in [5, 5.41) is 18.3. The van der Waals surface area contributed by atoms with Gasteiger partial charge in [-0.05, 0) is 25.0 Å². The van der Waals surface area contributed by atoms with Crippen LogP contribution in [0.2, 0.25) is 0 Å². The highest BCUT2D eigenvalue weighted by Crippen LogP contribution is 2.29. The van der Waals surface area contributed by atoms with Gasteiger partial charge in [0.2, 0.25) is 5.91 Å². The number of para-hydroxylation sites is 1. The summed E-state index contributed by atoms with van der Waals surface area (Å²) in [6, 6.07) is 9.35. The molecule has 1 fully saturated rings. The van der Waals surface area contributed by atoms with Crippen LogP contribution in [0.25, 0.3) is 0 Å². The fraction of sp³-hybridized carbons (Fsp3) is 0.357. The molecular weight excluding hydrogens is 240 g/mol. The number of benzene rings is 1. The van der Waals surface area contributed by atoms with Crippen molar-refractivity contribution in [3.8, 4) is 12.1 Å². The molecule has 1 aromatic carbocycles. The van der Waals surface area contributed by atoms with Crippen LogP contribution in [0, 0.1) is 28.6 Å². The summed E-state index contributed by atoms with van der Waals surface area (Å²) < 4.78 is 0. The van der Waals surface area contributed by atoms with Gasteiger partial charge in [0.05, 0.1) is 16.8 Å². The van der Waals surface area contributed by atoms with Crippen LogP contribution in [0.15, 0.2) is 18.2 Å². The number of carbonyl (C=O) groups is 1. The number of primary amides is 1. The van der Waals surface area contributed by atoms with E-state index in [-0.39, 0.29) is 11.8 Å². The van der Waals surface area contributed by atoms with Gasteiger partial charge in [-0.25, -0.2) is 0 Å². The van der Waals surface area contributed by atoms with Crippen LogP contribution in [0.4, 0.5) is 5.69 Å². The normalized spacial score (nSPS) is 15.6. The average Bonchev–Trinajstić information content (AvgIpc) is 2.46. The third-order valence-corrected chi connectivity index (χ3v) is 3.49. The van der Waals surface area contributed by atoms with Crippen LogP contribution in [0.3, 0.4) is 0 Å². The molecule has 2 N–H and O–H groups in total. The molecule has 0 unspecified atom stereocenters. The third-order valence-electron chi connectivity index (χ3n) is 3.49. The number of hydrogen-bond donors (Lipinski definition) is 1. The van der Waals surface area contributed by atoms with Gasteiger partial charge in [-0.15, -0.1) is 0 Å². The lowest BCUT2D eigenvalue weighted by atomic mass is 9.94. The second-order valence-corrected chi connectivity index (χ2v) is 4.59. The molecule has 1 saturated heterocycles. The minimum Gasteiger partial charge on any atom is -0.369 e. The first-order valence-electron chi connectivity index (χ1n) is 6.15. The molecule has 5 nitrogen and oxygen atoms in total. The van der Waals surface area contributed by atoms with E-state index in [4.69, 9.17) is 16.3 Å². The van der Waals surface area contributed by atoms with Crippen molar-refractivity contribution in [1.29, 1.82) is 10.5 Å². The van der Waals surface area contributed by atoms with Gasteiger partial charge in [0.15, 0.2) is 0 Å². The van der Waals surface area contributed by atoms with Crippen LogP contribution in [-0.2, 0) is 4.79 Å². The maximum absolute atomic E-state index is 11.1. The Labute approximate surface area is 111 Å². The minimum atomic E-state index is -0.270. The molecule has 0 saturated carbocycles. The summed E-state index contributed by atoms with van der Waals surface area (Å²) in [5.74, 6) is -0.371. The first-order chi connectivity index (χ1) is 9.17. The van der Waals surface area contributed by atoms with Gasteiger partial charge in [-0.1, -0.05) is 6.07 Å². The molecule has 0 atom stereocenters. The summed E-state index contributed by atoms with van der Waals surface area (Å²) in [6.07, 6.45) is 1.33. The van der Waals surface area contributed by atoms with E-state index in [0.29, 0.717) is 42.7 Å². The lowest BCUT2D eigenvalue weighted by molar-refractivity contribution is -0.122. The number of hydrogen-bond acceptors (Lipinski definition) is 4. The Morgan fingerprint density at radius 1 is 1.21 bits per heavy atom. The third kappa shape index (κ3) is 2.51. The monoisotopic (exact) mass is 254 g/mol. The van der Waals surface area contributed by atoms with E-state index in [1.54, 1.807) is 18.2 Å². The highest BCUT2D eigenvalue weighted by Gasteiger charge is 2.25. The van der Waals surface area contributed by atoms with Crippen molar-refractivity contribution in [2.75, 3.05) is 18.0 Å². The predicted molar refractivity (Wildman–Crippen MR) is 70.0 cm³/mol. The van der Waals surface area contributed by atoms with Crippen molar-refractivity contribution >= 4 is 11.6 Å². The molecule has 96 valence electrons. The largest absolute Gasteiger partial charge is 0.369 e. The van der Waals surface area contributed by atoms with Crippen LogP contribution in [-0.4, -0.2) is 19.0 Å². The number of amides is 1. The Bertz CT molecular complexity index is 542. The van der Waals surface area contributed by atoms with Crippen LogP contribution < -0.4 is 10.6 Å². The molecule has 1 aliphatic heterocycles. The van der Waals surface area contributed by atoms with Gasteiger partial charge in [0.25, 0.3) is 0 Å². The molecule has 0 bridgehead atoms. The summed E-state index contributed by atoms with van der Waals surface area (Å²) >= 11 is 0. The number of rotatable bonds is 2. The Hall–Kier alpha value is -2.53. The van der Waals surface area contributed by atoms with Crippen molar-refractivity contribution in [3.05, 3.63) is 29.3 Å². The van der Waals surface area contributed by atoms with Gasteiger partial charge in [0, 0.05) is 19.0 Å². The minimum absolute atomic E-state index is 0.101. The zero-order valence-electron chi connectivity index (χ0n) is 10.5. The molecule has 0 radical (unpaired) electrons. The van der Waals surface area contributed by atoms with Gasteiger partial charge < -0.3 is 10.6 Å². The topological polar surface area (TPSA) is 93.9 Å². The quantitative estimate of drug-likeness (QED) is 0.856. The SMILES string of the molecule is N#Cc1cccc(C#N)c1N1CCC(C(N)=O)CC1. The zero-order valence-corrected chi connectivity index (χ0v) is 10.5. The molecule has 19 heavy (non-hydrogen) atoms. The van der Waals surface area contributed by atoms with Crippen molar-refractivity contribution < 1.29 is 4.79 Å². The lowest BCUT2D eigenvalue weighted by Gasteiger charge is -2.33. The molecule has 0 spiro atoms. The van der Waals surface area contributed by atoms with Crippen molar-refractivity contribution in [1.82, 2.24) is 0 Å². The average molecular weight is 254 g/mol. The Kier molecular flexibility index (Phi) is 3.68. The Balaban J connectivity index is 2.27. The van der Waals surface area contributed by atoms with Gasteiger partial charge in [-0.2, -0.15) is 10.5 Å². The highest BCUT2D eigenvalue weighted by atomic mass is 16.1. The molecule has 1 heterocycles. The number of piperidine rings is 1. The van der Waals surface area contributed by atoms with Crippen LogP contribution in [0.1, 0.15) is 24.0 Å². The van der Waals surface area contributed by atoms with Crippen LogP contribution in [0.5, 0.6) is 0 Å². The smallest absolute Gasteiger partial charge is 0.220 e. The maximum Gasteiger partial charge on any atom is 0.220 e. The standard InChI is InChI=1S/C14H14N4O/c15-8-11-2-1-3-12(9-16)13(11)18-6-4-10(5-7-18)14(17)19/h1-3,10H,4-7H2,(H2,17,19). The number of nitriles is 2. The lowest BCUT2D eigenvalue weighted by Crippen LogP contribution is -2.39. The van der Waals surface area contributed by atoms with E-state index >= 15 is 0 Å². The molecule has 1 aliphatic rings. The van der Waals surface area contributed by atoms with Crippen molar-refractivity contribution in [2.45, 2.75) is 12.8 Å². The Morgan fingerprint density at radius 3 is 2.16 bits per heavy atom. The van der Waals surface area contributed by atoms with E-state index < -0.39 is 0 Å². The number of carbonyl (C=O) groups excluding carboxylic acids is 1. The fourth-order valence-corrected chi connectivity index (χ4v) is 2.45. The zero-order chi connectivity index (χ0) is 13.8. The number of nitrogens with zero attached hydrogens (tertiary/aromatic N) is 3. The van der Waals surface area contributed by atoms with E-state index in [0.717, 1.165) is 0 Å². The number of nitrogens with two attached hydrogens (primary N) is 1. The first kappa shape index (κ1) is 12.9. The summed E-state index contributed by atoms with van der Waals surface area (Å²) in [4.78, 5) is 13.1. The van der Waals surface area contributed by atoms with E-state index in [1.165, 1.54) is 0 Å². The summed E-state index contributed by atoms with van der Waals surface area (Å²) in [7, 11) is 0. The van der Waals surface area contributed by atoms with Gasteiger partial charge in [0.1, 0.15) is 12.1 Å². The highest BCUT2D eigenvalue weighted by molar-refractivity contribution is 5.77.